The molecular formula is C18H20N2O. The lowest BCUT2D eigenvalue weighted by Gasteiger charge is -2.35. The highest BCUT2D eigenvalue weighted by Gasteiger charge is 2.33. The third kappa shape index (κ3) is 3.07. The average molecular weight is 280 g/mol. The van der Waals surface area contributed by atoms with E-state index in [2.05, 4.69) is 41.8 Å². The van der Waals surface area contributed by atoms with E-state index in [1.165, 1.54) is 5.56 Å². The van der Waals surface area contributed by atoms with E-state index in [0.717, 1.165) is 12.1 Å². The number of amides is 1. The third-order valence-corrected chi connectivity index (χ3v) is 4.12. The highest BCUT2D eigenvalue weighted by atomic mass is 16.2. The Bertz CT molecular complexity index is 597. The maximum Gasteiger partial charge on any atom is 0.242 e. The molecule has 3 rings (SSSR count). The fourth-order valence-corrected chi connectivity index (χ4v) is 2.98. The first-order chi connectivity index (χ1) is 10.2. The van der Waals surface area contributed by atoms with Crippen molar-refractivity contribution in [1.29, 1.82) is 0 Å². The summed E-state index contributed by atoms with van der Waals surface area (Å²) in [5.41, 5.74) is 2.27. The summed E-state index contributed by atoms with van der Waals surface area (Å²) in [5.74, 6) is 0.420. The van der Waals surface area contributed by atoms with E-state index < -0.39 is 0 Å². The van der Waals surface area contributed by atoms with Gasteiger partial charge in [-0.25, -0.2) is 0 Å². The summed E-state index contributed by atoms with van der Waals surface area (Å²) in [5, 5.41) is 6.44. The lowest BCUT2D eigenvalue weighted by Crippen LogP contribution is -2.52. The number of hydrogen-bond donors (Lipinski definition) is 2. The summed E-state index contributed by atoms with van der Waals surface area (Å²) in [6.45, 7) is 2.08. The maximum absolute atomic E-state index is 12.2. The fraction of sp³-hybridized carbons (Fsp3) is 0.278. The maximum atomic E-state index is 12.2. The summed E-state index contributed by atoms with van der Waals surface area (Å²) >= 11 is 0. The zero-order valence-electron chi connectivity index (χ0n) is 12.1. The topological polar surface area (TPSA) is 41.1 Å². The van der Waals surface area contributed by atoms with Gasteiger partial charge in [-0.2, -0.15) is 0 Å². The number of rotatable bonds is 3. The van der Waals surface area contributed by atoms with Gasteiger partial charge in [-0.3, -0.25) is 4.79 Å². The van der Waals surface area contributed by atoms with Crippen molar-refractivity contribution in [1.82, 2.24) is 5.32 Å². The number of piperidine rings is 1. The van der Waals surface area contributed by atoms with Crippen molar-refractivity contribution in [2.45, 2.75) is 31.3 Å². The highest BCUT2D eigenvalue weighted by molar-refractivity contribution is 5.86. The molecule has 1 fully saturated rings. The zero-order valence-corrected chi connectivity index (χ0v) is 12.1. The van der Waals surface area contributed by atoms with Crippen LogP contribution >= 0.6 is 0 Å². The summed E-state index contributed by atoms with van der Waals surface area (Å²) in [6.07, 6.45) is 0.811. The Hall–Kier alpha value is -2.29. The van der Waals surface area contributed by atoms with Crippen LogP contribution in [0.3, 0.4) is 0 Å². The first-order valence-electron chi connectivity index (χ1n) is 7.41. The number of nitrogens with one attached hydrogen (secondary N) is 2. The molecule has 0 saturated carbocycles. The standard InChI is InChI=1S/C18H20N2O/c1-13-16(14-8-4-2-5-9-14)12-17(18(21)19-13)20-15-10-6-3-7-11-15/h2-11,13,16-17,20H,12H2,1H3,(H,19,21)/t13-,16?,17-/m1/s1. The van der Waals surface area contributed by atoms with Crippen molar-refractivity contribution in [3.63, 3.8) is 0 Å². The zero-order chi connectivity index (χ0) is 14.7. The Morgan fingerprint density at radius 2 is 1.62 bits per heavy atom. The van der Waals surface area contributed by atoms with Crippen LogP contribution in [0.15, 0.2) is 60.7 Å². The molecule has 1 aliphatic rings. The Morgan fingerprint density at radius 1 is 1.00 bits per heavy atom. The normalized spacial score (nSPS) is 25.2. The molecule has 1 aliphatic heterocycles. The number of carbonyl (C=O) groups is 1. The van der Waals surface area contributed by atoms with Gasteiger partial charge in [0.15, 0.2) is 0 Å². The molecule has 2 aromatic rings. The van der Waals surface area contributed by atoms with Crippen LogP contribution in [0.25, 0.3) is 0 Å². The molecule has 3 heteroatoms. The van der Waals surface area contributed by atoms with Gasteiger partial charge in [-0.1, -0.05) is 48.5 Å². The van der Waals surface area contributed by atoms with Crippen LogP contribution in [0, 0.1) is 0 Å². The summed E-state index contributed by atoms with van der Waals surface area (Å²) in [7, 11) is 0. The van der Waals surface area contributed by atoms with E-state index in [1.807, 2.05) is 36.4 Å². The third-order valence-electron chi connectivity index (χ3n) is 4.12. The molecule has 108 valence electrons. The number of hydrogen-bond acceptors (Lipinski definition) is 2. The minimum atomic E-state index is -0.186. The molecule has 3 atom stereocenters. The number of carbonyl (C=O) groups excluding carboxylic acids is 1. The van der Waals surface area contributed by atoms with Crippen LogP contribution in [-0.2, 0) is 4.79 Å². The van der Waals surface area contributed by atoms with E-state index in [0.29, 0.717) is 5.92 Å². The van der Waals surface area contributed by atoms with E-state index in [-0.39, 0.29) is 18.0 Å². The Labute approximate surface area is 125 Å². The largest absolute Gasteiger partial charge is 0.374 e. The lowest BCUT2D eigenvalue weighted by molar-refractivity contribution is -0.124. The molecule has 1 amide bonds. The van der Waals surface area contributed by atoms with Gasteiger partial charge < -0.3 is 10.6 Å². The van der Waals surface area contributed by atoms with Crippen LogP contribution < -0.4 is 10.6 Å². The lowest BCUT2D eigenvalue weighted by atomic mass is 9.83. The summed E-state index contributed by atoms with van der Waals surface area (Å²) in [4.78, 5) is 12.2. The van der Waals surface area contributed by atoms with Crippen LogP contribution in [-0.4, -0.2) is 18.0 Å². The van der Waals surface area contributed by atoms with Gasteiger partial charge in [0.2, 0.25) is 5.91 Å². The first-order valence-corrected chi connectivity index (χ1v) is 7.41. The predicted molar refractivity (Wildman–Crippen MR) is 85.3 cm³/mol. The monoisotopic (exact) mass is 280 g/mol. The van der Waals surface area contributed by atoms with Crippen molar-refractivity contribution >= 4 is 11.6 Å². The fourth-order valence-electron chi connectivity index (χ4n) is 2.98. The quantitative estimate of drug-likeness (QED) is 0.906. The molecule has 1 heterocycles. The molecule has 3 nitrogen and oxygen atoms in total. The Balaban J connectivity index is 1.77. The number of anilines is 1. The molecule has 2 N–H and O–H groups in total. The predicted octanol–water partition coefficient (Wildman–Crippen LogP) is 3.16. The smallest absolute Gasteiger partial charge is 0.242 e. The highest BCUT2D eigenvalue weighted by Crippen LogP contribution is 2.29. The molecule has 0 aliphatic carbocycles. The minimum Gasteiger partial charge on any atom is -0.374 e. The molecule has 0 bridgehead atoms. The van der Waals surface area contributed by atoms with Crippen LogP contribution in [0.1, 0.15) is 24.8 Å². The molecule has 21 heavy (non-hydrogen) atoms. The van der Waals surface area contributed by atoms with Crippen molar-refractivity contribution in [2.75, 3.05) is 5.32 Å². The average Bonchev–Trinajstić information content (AvgIpc) is 2.52. The molecule has 0 aromatic heterocycles. The van der Waals surface area contributed by atoms with E-state index in [4.69, 9.17) is 0 Å². The Kier molecular flexibility index (Phi) is 3.91. The van der Waals surface area contributed by atoms with Gasteiger partial charge in [0.25, 0.3) is 0 Å². The van der Waals surface area contributed by atoms with Gasteiger partial charge in [-0.05, 0) is 31.0 Å². The molecule has 1 unspecified atom stereocenters. The molecular weight excluding hydrogens is 260 g/mol. The number of benzene rings is 2. The molecule has 0 radical (unpaired) electrons. The molecule has 1 saturated heterocycles. The second-order valence-electron chi connectivity index (χ2n) is 5.61. The van der Waals surface area contributed by atoms with Crippen LogP contribution in [0.5, 0.6) is 0 Å². The number of para-hydroxylation sites is 1. The van der Waals surface area contributed by atoms with Gasteiger partial charge in [0, 0.05) is 17.6 Å². The van der Waals surface area contributed by atoms with Crippen molar-refractivity contribution in [3.8, 4) is 0 Å². The summed E-state index contributed by atoms with van der Waals surface area (Å²) in [6, 6.07) is 20.3. The second kappa shape index (κ2) is 6.00. The van der Waals surface area contributed by atoms with Crippen LogP contribution in [0.4, 0.5) is 5.69 Å². The van der Waals surface area contributed by atoms with E-state index >= 15 is 0 Å². The second-order valence-corrected chi connectivity index (χ2v) is 5.61. The van der Waals surface area contributed by atoms with Gasteiger partial charge in [-0.15, -0.1) is 0 Å². The molecule has 0 spiro atoms. The molecule has 2 aromatic carbocycles. The van der Waals surface area contributed by atoms with Crippen LogP contribution in [0.2, 0.25) is 0 Å². The SMILES string of the molecule is C[C@H]1NC(=O)[C@H](Nc2ccccc2)CC1c1ccccc1. The van der Waals surface area contributed by atoms with E-state index in [1.54, 1.807) is 0 Å². The van der Waals surface area contributed by atoms with E-state index in [9.17, 15) is 4.79 Å². The van der Waals surface area contributed by atoms with Gasteiger partial charge in [0.05, 0.1) is 0 Å². The van der Waals surface area contributed by atoms with Crippen molar-refractivity contribution in [2.24, 2.45) is 0 Å². The van der Waals surface area contributed by atoms with Crippen molar-refractivity contribution in [3.05, 3.63) is 66.2 Å². The van der Waals surface area contributed by atoms with Gasteiger partial charge in [0.1, 0.15) is 6.04 Å². The first kappa shape index (κ1) is 13.7. The van der Waals surface area contributed by atoms with Crippen molar-refractivity contribution < 1.29 is 4.79 Å². The Morgan fingerprint density at radius 3 is 2.29 bits per heavy atom. The van der Waals surface area contributed by atoms with Gasteiger partial charge >= 0.3 is 0 Å². The minimum absolute atomic E-state index is 0.0820. The summed E-state index contributed by atoms with van der Waals surface area (Å²) < 4.78 is 0.